The van der Waals surface area contributed by atoms with Crippen molar-refractivity contribution in [2.45, 2.75) is 19.8 Å². The van der Waals surface area contributed by atoms with Crippen LogP contribution in [0.5, 0.6) is 0 Å². The van der Waals surface area contributed by atoms with Gasteiger partial charge in [-0.3, -0.25) is 0 Å². The summed E-state index contributed by atoms with van der Waals surface area (Å²) in [6, 6.07) is 2.05. The van der Waals surface area contributed by atoms with Crippen LogP contribution in [0.1, 0.15) is 17.8 Å². The highest BCUT2D eigenvalue weighted by atomic mass is 32.1. The molecule has 0 saturated heterocycles. The molecule has 0 unspecified atom stereocenters. The molecule has 2 heterocycles. The number of hydrogen-bond acceptors (Lipinski definition) is 5. The second-order valence-electron chi connectivity index (χ2n) is 3.34. The largest absolute Gasteiger partial charge is 0.333 e. The molecular weight excluding hydrogens is 210 g/mol. The Morgan fingerprint density at radius 3 is 3.07 bits per heavy atom. The first kappa shape index (κ1) is 10.3. The first-order chi connectivity index (χ1) is 7.31. The minimum absolute atomic E-state index is 0.620. The Balaban J connectivity index is 2.17. The van der Waals surface area contributed by atoms with E-state index in [2.05, 4.69) is 10.1 Å². The van der Waals surface area contributed by atoms with Crippen LogP contribution in [-0.4, -0.2) is 16.7 Å². The molecule has 2 aromatic heterocycles. The molecule has 2 N–H and O–H groups in total. The maximum absolute atomic E-state index is 5.42. The SMILES string of the molecule is Cc1ccsc1-c1nc(CCCN)no1. The van der Waals surface area contributed by atoms with Crippen LogP contribution in [0.15, 0.2) is 16.0 Å². The average molecular weight is 223 g/mol. The number of aromatic nitrogens is 2. The first-order valence-corrected chi connectivity index (χ1v) is 5.76. The van der Waals surface area contributed by atoms with Crippen LogP contribution in [0.3, 0.4) is 0 Å². The lowest BCUT2D eigenvalue weighted by Gasteiger charge is -1.89. The van der Waals surface area contributed by atoms with Gasteiger partial charge in [0.05, 0.1) is 4.88 Å². The van der Waals surface area contributed by atoms with Gasteiger partial charge in [0.25, 0.3) is 5.89 Å². The van der Waals surface area contributed by atoms with Crippen LogP contribution in [-0.2, 0) is 6.42 Å². The molecule has 0 saturated carbocycles. The van der Waals surface area contributed by atoms with Crippen LogP contribution in [0, 0.1) is 6.92 Å². The third-order valence-electron chi connectivity index (χ3n) is 2.13. The molecule has 0 aliphatic carbocycles. The van der Waals surface area contributed by atoms with Gasteiger partial charge >= 0.3 is 0 Å². The van der Waals surface area contributed by atoms with E-state index in [0.717, 1.165) is 23.5 Å². The lowest BCUT2D eigenvalue weighted by atomic mass is 10.3. The Morgan fingerprint density at radius 2 is 2.40 bits per heavy atom. The molecule has 0 aromatic carbocycles. The van der Waals surface area contributed by atoms with Gasteiger partial charge < -0.3 is 10.3 Å². The molecule has 0 bridgehead atoms. The van der Waals surface area contributed by atoms with Crippen molar-refractivity contribution in [3.63, 3.8) is 0 Å². The van der Waals surface area contributed by atoms with Crippen molar-refractivity contribution in [2.75, 3.05) is 6.54 Å². The fourth-order valence-electron chi connectivity index (χ4n) is 1.30. The standard InChI is InChI=1S/C10H13N3OS/c1-7-4-6-15-9(7)10-12-8(13-14-10)3-2-5-11/h4,6H,2-3,5,11H2,1H3. The molecule has 80 valence electrons. The van der Waals surface area contributed by atoms with Gasteiger partial charge in [0.2, 0.25) is 0 Å². The molecule has 0 radical (unpaired) electrons. The van der Waals surface area contributed by atoms with Gasteiger partial charge in [-0.05, 0) is 36.9 Å². The summed E-state index contributed by atoms with van der Waals surface area (Å²) < 4.78 is 5.20. The number of hydrogen-bond donors (Lipinski definition) is 1. The van der Waals surface area contributed by atoms with E-state index in [-0.39, 0.29) is 0 Å². The Labute approximate surface area is 92.1 Å². The lowest BCUT2D eigenvalue weighted by Crippen LogP contribution is -2.01. The Hall–Kier alpha value is -1.20. The fraction of sp³-hybridized carbons (Fsp3) is 0.400. The zero-order chi connectivity index (χ0) is 10.7. The lowest BCUT2D eigenvalue weighted by molar-refractivity contribution is 0.422. The van der Waals surface area contributed by atoms with Crippen molar-refractivity contribution in [2.24, 2.45) is 5.73 Å². The number of nitrogens with two attached hydrogens (primary N) is 1. The summed E-state index contributed by atoms with van der Waals surface area (Å²) in [4.78, 5) is 5.39. The van der Waals surface area contributed by atoms with Gasteiger partial charge in [-0.25, -0.2) is 0 Å². The zero-order valence-electron chi connectivity index (χ0n) is 8.56. The third-order valence-corrected chi connectivity index (χ3v) is 3.13. The molecule has 0 aliphatic rings. The molecule has 5 heteroatoms. The minimum Gasteiger partial charge on any atom is -0.333 e. The molecule has 4 nitrogen and oxygen atoms in total. The predicted molar refractivity (Wildman–Crippen MR) is 59.7 cm³/mol. The molecule has 0 atom stereocenters. The van der Waals surface area contributed by atoms with Crippen molar-refractivity contribution in [1.82, 2.24) is 10.1 Å². The minimum atomic E-state index is 0.620. The van der Waals surface area contributed by atoms with Gasteiger partial charge in [-0.2, -0.15) is 4.98 Å². The number of nitrogens with zero attached hydrogens (tertiary/aromatic N) is 2. The summed E-state index contributed by atoms with van der Waals surface area (Å²) in [5.41, 5.74) is 6.59. The Morgan fingerprint density at radius 1 is 1.53 bits per heavy atom. The maximum Gasteiger partial charge on any atom is 0.268 e. The Bertz CT molecular complexity index is 435. The van der Waals surface area contributed by atoms with Crippen molar-refractivity contribution in [1.29, 1.82) is 0 Å². The average Bonchev–Trinajstić information content (AvgIpc) is 2.83. The van der Waals surface area contributed by atoms with Gasteiger partial charge in [0.15, 0.2) is 5.82 Å². The third kappa shape index (κ3) is 2.24. The molecule has 2 rings (SSSR count). The van der Waals surface area contributed by atoms with Crippen LogP contribution < -0.4 is 5.73 Å². The molecule has 0 spiro atoms. The molecule has 0 amide bonds. The van der Waals surface area contributed by atoms with E-state index in [9.17, 15) is 0 Å². The summed E-state index contributed by atoms with van der Waals surface area (Å²) in [5, 5.41) is 5.94. The number of thiophene rings is 1. The topological polar surface area (TPSA) is 64.9 Å². The summed E-state index contributed by atoms with van der Waals surface area (Å²) in [6.45, 7) is 2.69. The number of aryl methyl sites for hydroxylation is 2. The van der Waals surface area contributed by atoms with Gasteiger partial charge in [-0.15, -0.1) is 11.3 Å². The van der Waals surface area contributed by atoms with E-state index in [1.54, 1.807) is 11.3 Å². The van der Waals surface area contributed by atoms with Crippen LogP contribution in [0.4, 0.5) is 0 Å². The molecular formula is C10H13N3OS. The normalized spacial score (nSPS) is 10.8. The van der Waals surface area contributed by atoms with Crippen molar-refractivity contribution in [3.05, 3.63) is 22.8 Å². The molecule has 15 heavy (non-hydrogen) atoms. The molecule has 2 aromatic rings. The first-order valence-electron chi connectivity index (χ1n) is 4.88. The quantitative estimate of drug-likeness (QED) is 0.861. The fourth-order valence-corrected chi connectivity index (χ4v) is 2.15. The maximum atomic E-state index is 5.42. The van der Waals surface area contributed by atoms with Gasteiger partial charge in [-0.1, -0.05) is 5.16 Å². The van der Waals surface area contributed by atoms with Crippen LogP contribution in [0.25, 0.3) is 10.8 Å². The van der Waals surface area contributed by atoms with Crippen molar-refractivity contribution in [3.8, 4) is 10.8 Å². The smallest absolute Gasteiger partial charge is 0.268 e. The van der Waals surface area contributed by atoms with E-state index < -0.39 is 0 Å². The second kappa shape index (κ2) is 4.55. The second-order valence-corrected chi connectivity index (χ2v) is 4.26. The molecule has 0 fully saturated rings. The summed E-state index contributed by atoms with van der Waals surface area (Å²) in [7, 11) is 0. The van der Waals surface area contributed by atoms with E-state index >= 15 is 0 Å². The Kier molecular flexibility index (Phi) is 3.13. The van der Waals surface area contributed by atoms with E-state index in [0.29, 0.717) is 12.4 Å². The van der Waals surface area contributed by atoms with Crippen molar-refractivity contribution < 1.29 is 4.52 Å². The van der Waals surface area contributed by atoms with Crippen LogP contribution in [0.2, 0.25) is 0 Å². The summed E-state index contributed by atoms with van der Waals surface area (Å²) in [5.74, 6) is 1.36. The summed E-state index contributed by atoms with van der Waals surface area (Å²) in [6.07, 6.45) is 1.67. The van der Waals surface area contributed by atoms with E-state index in [1.165, 1.54) is 5.56 Å². The van der Waals surface area contributed by atoms with Crippen LogP contribution >= 0.6 is 11.3 Å². The zero-order valence-corrected chi connectivity index (χ0v) is 9.38. The van der Waals surface area contributed by atoms with Crippen molar-refractivity contribution >= 4 is 11.3 Å². The van der Waals surface area contributed by atoms with E-state index in [1.807, 2.05) is 18.4 Å². The van der Waals surface area contributed by atoms with E-state index in [4.69, 9.17) is 10.3 Å². The monoisotopic (exact) mass is 223 g/mol. The van der Waals surface area contributed by atoms with Gasteiger partial charge in [0, 0.05) is 6.42 Å². The highest BCUT2D eigenvalue weighted by molar-refractivity contribution is 7.13. The van der Waals surface area contributed by atoms with Gasteiger partial charge in [0.1, 0.15) is 0 Å². The highest BCUT2D eigenvalue weighted by Gasteiger charge is 2.11. The highest BCUT2D eigenvalue weighted by Crippen LogP contribution is 2.27. The summed E-state index contributed by atoms with van der Waals surface area (Å²) >= 11 is 1.62. The number of rotatable bonds is 4. The molecule has 0 aliphatic heterocycles. The predicted octanol–water partition coefficient (Wildman–Crippen LogP) is 2.00.